The molecule has 5 heteroatoms. The number of thiazole rings is 1. The number of aromatic nitrogens is 2. The molecule has 0 N–H and O–H groups in total. The Labute approximate surface area is 146 Å². The Morgan fingerprint density at radius 2 is 1.83 bits per heavy atom. The third kappa shape index (κ3) is 3.28. The number of pyridine rings is 1. The number of fused-ring (bicyclic) bond motifs is 1. The van der Waals surface area contributed by atoms with E-state index in [1.165, 1.54) is 16.1 Å². The molecule has 0 unspecified atom stereocenters. The lowest BCUT2D eigenvalue weighted by Crippen LogP contribution is -2.46. The molecule has 1 aliphatic rings. The third-order valence-electron chi connectivity index (χ3n) is 4.57. The molecule has 0 amide bonds. The first-order chi connectivity index (χ1) is 11.8. The van der Waals surface area contributed by atoms with Crippen molar-refractivity contribution >= 4 is 28.1 Å². The van der Waals surface area contributed by atoms with Crippen LogP contribution in [0, 0.1) is 0 Å². The topological polar surface area (TPSA) is 32.3 Å². The van der Waals surface area contributed by atoms with Crippen molar-refractivity contribution in [1.29, 1.82) is 0 Å². The molecule has 4 rings (SSSR count). The van der Waals surface area contributed by atoms with Crippen LogP contribution in [0.3, 0.4) is 0 Å². The summed E-state index contributed by atoms with van der Waals surface area (Å²) in [6, 6.07) is 12.6. The molecule has 0 spiro atoms. The first-order valence-electron chi connectivity index (χ1n) is 8.58. The highest BCUT2D eigenvalue weighted by Crippen LogP contribution is 2.20. The number of anilines is 1. The lowest BCUT2D eigenvalue weighted by molar-refractivity contribution is 0.247. The van der Waals surface area contributed by atoms with Gasteiger partial charge in [-0.25, -0.2) is 9.97 Å². The molecule has 1 aliphatic heterocycles. The van der Waals surface area contributed by atoms with E-state index in [2.05, 4.69) is 63.5 Å². The molecule has 1 aromatic carbocycles. The lowest BCUT2D eigenvalue weighted by Gasteiger charge is -2.35. The van der Waals surface area contributed by atoms with E-state index in [0.29, 0.717) is 0 Å². The minimum absolute atomic E-state index is 0.968. The molecule has 1 saturated heterocycles. The number of benzene rings is 1. The van der Waals surface area contributed by atoms with Crippen molar-refractivity contribution < 1.29 is 0 Å². The van der Waals surface area contributed by atoms with Crippen LogP contribution in [-0.2, 0) is 13.0 Å². The van der Waals surface area contributed by atoms with Crippen LogP contribution in [0.25, 0.3) is 10.9 Å². The van der Waals surface area contributed by atoms with Crippen LogP contribution in [0.2, 0.25) is 0 Å². The van der Waals surface area contributed by atoms with Gasteiger partial charge in [-0.15, -0.1) is 11.3 Å². The summed E-state index contributed by atoms with van der Waals surface area (Å²) in [5.41, 5.74) is 2.29. The Balaban J connectivity index is 1.39. The van der Waals surface area contributed by atoms with Gasteiger partial charge in [-0.3, -0.25) is 4.90 Å². The maximum Gasteiger partial charge on any atom is 0.129 e. The van der Waals surface area contributed by atoms with Crippen molar-refractivity contribution in [2.24, 2.45) is 0 Å². The van der Waals surface area contributed by atoms with Crippen molar-refractivity contribution in [3.8, 4) is 0 Å². The number of hydrogen-bond donors (Lipinski definition) is 0. The van der Waals surface area contributed by atoms with E-state index in [1.54, 1.807) is 11.3 Å². The first-order valence-corrected chi connectivity index (χ1v) is 9.46. The lowest BCUT2D eigenvalue weighted by atomic mass is 10.2. The summed E-state index contributed by atoms with van der Waals surface area (Å²) in [7, 11) is 0. The highest BCUT2D eigenvalue weighted by molar-refractivity contribution is 7.09. The minimum atomic E-state index is 0.968. The molecule has 1 fully saturated rings. The molecule has 0 saturated carbocycles. The summed E-state index contributed by atoms with van der Waals surface area (Å²) in [6.07, 6.45) is 1.03. The Bertz CT molecular complexity index is 821. The smallest absolute Gasteiger partial charge is 0.129 e. The molecule has 124 valence electrons. The normalized spacial score (nSPS) is 16.0. The Kier molecular flexibility index (Phi) is 4.45. The van der Waals surface area contributed by atoms with E-state index < -0.39 is 0 Å². The minimum Gasteiger partial charge on any atom is -0.354 e. The molecule has 0 radical (unpaired) electrons. The van der Waals surface area contributed by atoms with Gasteiger partial charge >= 0.3 is 0 Å². The molecule has 3 heterocycles. The van der Waals surface area contributed by atoms with Gasteiger partial charge < -0.3 is 4.90 Å². The predicted octanol–water partition coefficient (Wildman–Crippen LogP) is 3.58. The average Bonchev–Trinajstić information content (AvgIpc) is 3.09. The number of aryl methyl sites for hydroxylation is 1. The zero-order valence-corrected chi connectivity index (χ0v) is 14.8. The summed E-state index contributed by atoms with van der Waals surface area (Å²) >= 11 is 1.78. The highest BCUT2D eigenvalue weighted by Gasteiger charge is 2.19. The third-order valence-corrected chi connectivity index (χ3v) is 5.61. The number of piperazine rings is 1. The molecular weight excluding hydrogens is 316 g/mol. The molecule has 0 aliphatic carbocycles. The Morgan fingerprint density at radius 3 is 2.62 bits per heavy atom. The van der Waals surface area contributed by atoms with Gasteiger partial charge in [0, 0.05) is 43.5 Å². The van der Waals surface area contributed by atoms with E-state index in [1.807, 2.05) is 0 Å². The van der Waals surface area contributed by atoms with Crippen LogP contribution in [0.5, 0.6) is 0 Å². The van der Waals surface area contributed by atoms with E-state index in [0.717, 1.165) is 50.5 Å². The standard InChI is InChI=1S/C19H22N4S/c1-2-19-20-16(14-24-19)13-22-9-11-23(12-10-22)18-8-7-15-5-3-4-6-17(15)21-18/h3-8,14H,2,9-13H2,1H3. The van der Waals surface area contributed by atoms with Crippen molar-refractivity contribution in [1.82, 2.24) is 14.9 Å². The van der Waals surface area contributed by atoms with E-state index in [-0.39, 0.29) is 0 Å². The van der Waals surface area contributed by atoms with Gasteiger partial charge in [0.1, 0.15) is 5.82 Å². The Morgan fingerprint density at radius 1 is 1.00 bits per heavy atom. The maximum atomic E-state index is 4.82. The van der Waals surface area contributed by atoms with Crippen LogP contribution in [0.15, 0.2) is 41.8 Å². The van der Waals surface area contributed by atoms with Crippen molar-refractivity contribution in [3.05, 3.63) is 52.5 Å². The molecule has 0 atom stereocenters. The molecule has 2 aromatic heterocycles. The monoisotopic (exact) mass is 338 g/mol. The van der Waals surface area contributed by atoms with Gasteiger partial charge in [0.15, 0.2) is 0 Å². The van der Waals surface area contributed by atoms with Crippen LogP contribution in [0.1, 0.15) is 17.6 Å². The zero-order valence-electron chi connectivity index (χ0n) is 14.0. The molecular formula is C19H22N4S. The largest absolute Gasteiger partial charge is 0.354 e. The van der Waals surface area contributed by atoms with Gasteiger partial charge in [0.2, 0.25) is 0 Å². The summed E-state index contributed by atoms with van der Waals surface area (Å²) in [6.45, 7) is 7.31. The molecule has 0 bridgehead atoms. The second kappa shape index (κ2) is 6.87. The summed E-state index contributed by atoms with van der Waals surface area (Å²) < 4.78 is 0. The van der Waals surface area contributed by atoms with E-state index in [4.69, 9.17) is 4.98 Å². The fraction of sp³-hybridized carbons (Fsp3) is 0.368. The molecule has 4 nitrogen and oxygen atoms in total. The zero-order chi connectivity index (χ0) is 16.4. The predicted molar refractivity (Wildman–Crippen MR) is 101 cm³/mol. The number of hydrogen-bond acceptors (Lipinski definition) is 5. The van der Waals surface area contributed by atoms with Crippen LogP contribution >= 0.6 is 11.3 Å². The van der Waals surface area contributed by atoms with Gasteiger partial charge in [-0.1, -0.05) is 25.1 Å². The molecule has 24 heavy (non-hydrogen) atoms. The summed E-state index contributed by atoms with van der Waals surface area (Å²) in [5, 5.41) is 4.65. The molecule has 3 aromatic rings. The van der Waals surface area contributed by atoms with Crippen molar-refractivity contribution in [2.75, 3.05) is 31.1 Å². The summed E-state index contributed by atoms with van der Waals surface area (Å²) in [4.78, 5) is 14.4. The van der Waals surface area contributed by atoms with E-state index in [9.17, 15) is 0 Å². The van der Waals surface area contributed by atoms with Crippen molar-refractivity contribution in [2.45, 2.75) is 19.9 Å². The average molecular weight is 338 g/mol. The van der Waals surface area contributed by atoms with Crippen LogP contribution < -0.4 is 4.90 Å². The highest BCUT2D eigenvalue weighted by atomic mass is 32.1. The summed E-state index contributed by atoms with van der Waals surface area (Å²) in [5.74, 6) is 1.09. The Hall–Kier alpha value is -1.98. The second-order valence-electron chi connectivity index (χ2n) is 6.21. The quantitative estimate of drug-likeness (QED) is 0.728. The number of para-hydroxylation sites is 1. The first kappa shape index (κ1) is 15.5. The second-order valence-corrected chi connectivity index (χ2v) is 7.15. The number of nitrogens with zero attached hydrogens (tertiary/aromatic N) is 4. The van der Waals surface area contributed by atoms with Crippen LogP contribution in [0.4, 0.5) is 5.82 Å². The fourth-order valence-electron chi connectivity index (χ4n) is 3.18. The van der Waals surface area contributed by atoms with Gasteiger partial charge in [-0.05, 0) is 24.6 Å². The van der Waals surface area contributed by atoms with Crippen molar-refractivity contribution in [3.63, 3.8) is 0 Å². The van der Waals surface area contributed by atoms with Gasteiger partial charge in [0.05, 0.1) is 16.2 Å². The van der Waals surface area contributed by atoms with Gasteiger partial charge in [0.25, 0.3) is 0 Å². The van der Waals surface area contributed by atoms with Crippen LogP contribution in [-0.4, -0.2) is 41.0 Å². The number of rotatable bonds is 4. The van der Waals surface area contributed by atoms with E-state index >= 15 is 0 Å². The maximum absolute atomic E-state index is 4.82. The SMILES string of the molecule is CCc1nc(CN2CCN(c3ccc4ccccc4n3)CC2)cs1. The van der Waals surface area contributed by atoms with Gasteiger partial charge in [-0.2, -0.15) is 0 Å². The fourth-order valence-corrected chi connectivity index (χ4v) is 3.92.